The van der Waals surface area contributed by atoms with E-state index in [1.807, 2.05) is 12.1 Å². The normalized spacial score (nSPS) is 16.1. The van der Waals surface area contributed by atoms with Crippen LogP contribution in [0.15, 0.2) is 22.6 Å². The van der Waals surface area contributed by atoms with Crippen LogP contribution in [0.2, 0.25) is 0 Å². The first-order chi connectivity index (χ1) is 12.1. The monoisotopic (exact) mass is 358 g/mol. The molecule has 0 aromatic carbocycles. The Morgan fingerprint density at radius 2 is 2.04 bits per heavy atom. The number of rotatable bonds is 4. The molecule has 4 rings (SSSR count). The van der Waals surface area contributed by atoms with Gasteiger partial charge in [0.2, 0.25) is 0 Å². The zero-order chi connectivity index (χ0) is 17.4. The van der Waals surface area contributed by atoms with E-state index in [9.17, 15) is 0 Å². The molecule has 2 N–H and O–H groups in total. The Kier molecular flexibility index (Phi) is 4.45. The number of morpholine rings is 1. The van der Waals surface area contributed by atoms with Gasteiger partial charge in [-0.1, -0.05) is 13.8 Å². The molecule has 1 aliphatic heterocycles. The largest absolute Gasteiger partial charge is 0.457 e. The Bertz CT molecular complexity index is 880. The summed E-state index contributed by atoms with van der Waals surface area (Å²) in [5.41, 5.74) is 6.19. The van der Waals surface area contributed by atoms with E-state index < -0.39 is 0 Å². The molecule has 7 heteroatoms. The average molecular weight is 358 g/mol. The molecule has 1 aliphatic rings. The molecule has 0 amide bonds. The summed E-state index contributed by atoms with van der Waals surface area (Å²) < 4.78 is 11.3. The van der Waals surface area contributed by atoms with Crippen LogP contribution >= 0.6 is 11.3 Å². The molecule has 0 saturated carbocycles. The molecule has 3 aromatic heterocycles. The van der Waals surface area contributed by atoms with Crippen molar-refractivity contribution < 1.29 is 9.15 Å². The number of nitrogens with two attached hydrogens (primary N) is 1. The molecule has 0 radical (unpaired) electrons. The van der Waals surface area contributed by atoms with Crippen molar-refractivity contribution >= 4 is 27.4 Å². The molecule has 25 heavy (non-hydrogen) atoms. The average Bonchev–Trinajstić information content (AvgIpc) is 3.22. The van der Waals surface area contributed by atoms with Crippen LogP contribution in [0.25, 0.3) is 21.8 Å². The van der Waals surface area contributed by atoms with E-state index in [4.69, 9.17) is 14.9 Å². The summed E-state index contributed by atoms with van der Waals surface area (Å²) in [4.78, 5) is 13.7. The lowest BCUT2D eigenvalue weighted by Crippen LogP contribution is -2.35. The van der Waals surface area contributed by atoms with Gasteiger partial charge in [0.25, 0.3) is 0 Å². The number of furan rings is 1. The lowest BCUT2D eigenvalue weighted by atomic mass is 10.2. The topological polar surface area (TPSA) is 77.4 Å². The first kappa shape index (κ1) is 16.5. The Labute approximate surface area is 150 Å². The van der Waals surface area contributed by atoms with Gasteiger partial charge >= 0.3 is 0 Å². The van der Waals surface area contributed by atoms with Gasteiger partial charge in [0.05, 0.1) is 18.6 Å². The summed E-state index contributed by atoms with van der Waals surface area (Å²) in [7, 11) is 0. The third-order valence-corrected chi connectivity index (χ3v) is 5.39. The van der Waals surface area contributed by atoms with Gasteiger partial charge in [-0.15, -0.1) is 11.3 Å². The highest BCUT2D eigenvalue weighted by molar-refractivity contribution is 7.18. The minimum Gasteiger partial charge on any atom is -0.457 e. The molecular weight excluding hydrogens is 336 g/mol. The van der Waals surface area contributed by atoms with E-state index in [1.54, 1.807) is 11.3 Å². The highest BCUT2D eigenvalue weighted by Crippen LogP contribution is 2.32. The number of fused-ring (bicyclic) bond motifs is 1. The molecule has 132 valence electrons. The molecule has 0 bridgehead atoms. The quantitative estimate of drug-likeness (QED) is 0.769. The van der Waals surface area contributed by atoms with Gasteiger partial charge in [-0.2, -0.15) is 0 Å². The van der Waals surface area contributed by atoms with Crippen molar-refractivity contribution in [2.75, 3.05) is 32.0 Å². The van der Waals surface area contributed by atoms with Crippen LogP contribution in [-0.2, 0) is 11.3 Å². The molecule has 6 nitrogen and oxygen atoms in total. The summed E-state index contributed by atoms with van der Waals surface area (Å²) in [6.45, 7) is 8.62. The fraction of sp³-hybridized carbons (Fsp3) is 0.444. The molecular formula is C18H22N4O2S. The van der Waals surface area contributed by atoms with Gasteiger partial charge < -0.3 is 14.9 Å². The molecule has 0 unspecified atom stereocenters. The van der Waals surface area contributed by atoms with Crippen LogP contribution in [0.4, 0.5) is 5.82 Å². The molecule has 1 fully saturated rings. The lowest BCUT2D eigenvalue weighted by Gasteiger charge is -2.25. The van der Waals surface area contributed by atoms with Gasteiger partial charge in [-0.05, 0) is 18.2 Å². The van der Waals surface area contributed by atoms with Crippen LogP contribution < -0.4 is 5.73 Å². The van der Waals surface area contributed by atoms with E-state index in [2.05, 4.69) is 34.8 Å². The van der Waals surface area contributed by atoms with Crippen molar-refractivity contribution in [2.24, 2.45) is 0 Å². The van der Waals surface area contributed by atoms with E-state index in [1.165, 1.54) is 4.88 Å². The number of aromatic nitrogens is 2. The first-order valence-electron chi connectivity index (χ1n) is 8.56. The van der Waals surface area contributed by atoms with Crippen molar-refractivity contribution in [1.29, 1.82) is 0 Å². The summed E-state index contributed by atoms with van der Waals surface area (Å²) in [6, 6.07) is 6.00. The molecule has 4 heterocycles. The van der Waals surface area contributed by atoms with Crippen LogP contribution in [0.5, 0.6) is 0 Å². The van der Waals surface area contributed by atoms with E-state index in [0.29, 0.717) is 23.3 Å². The number of hydrogen-bond acceptors (Lipinski definition) is 7. The highest BCUT2D eigenvalue weighted by Gasteiger charge is 2.17. The van der Waals surface area contributed by atoms with Crippen molar-refractivity contribution in [3.05, 3.63) is 28.8 Å². The summed E-state index contributed by atoms with van der Waals surface area (Å²) in [6.07, 6.45) is 0. The lowest BCUT2D eigenvalue weighted by molar-refractivity contribution is 0.0346. The second-order valence-corrected chi connectivity index (χ2v) is 7.72. The molecule has 3 aromatic rings. The maximum absolute atomic E-state index is 6.19. The summed E-state index contributed by atoms with van der Waals surface area (Å²) in [5, 5.41) is 0.924. The number of ether oxygens (including phenoxy) is 1. The summed E-state index contributed by atoms with van der Waals surface area (Å²) >= 11 is 1.67. The summed E-state index contributed by atoms with van der Waals surface area (Å²) in [5.74, 6) is 2.98. The van der Waals surface area contributed by atoms with Gasteiger partial charge in [0.1, 0.15) is 16.4 Å². The van der Waals surface area contributed by atoms with Gasteiger partial charge in [0, 0.05) is 30.4 Å². The zero-order valence-corrected chi connectivity index (χ0v) is 15.3. The first-order valence-corrected chi connectivity index (χ1v) is 9.38. The van der Waals surface area contributed by atoms with E-state index in [-0.39, 0.29) is 0 Å². The Morgan fingerprint density at radius 1 is 1.24 bits per heavy atom. The fourth-order valence-electron chi connectivity index (χ4n) is 2.94. The van der Waals surface area contributed by atoms with Crippen LogP contribution in [0.1, 0.15) is 30.4 Å². The van der Waals surface area contributed by atoms with E-state index in [0.717, 1.165) is 48.8 Å². The van der Waals surface area contributed by atoms with Gasteiger partial charge in [0.15, 0.2) is 11.6 Å². The maximum atomic E-state index is 6.19. The van der Waals surface area contributed by atoms with Crippen molar-refractivity contribution in [1.82, 2.24) is 14.9 Å². The van der Waals surface area contributed by atoms with E-state index >= 15 is 0 Å². The van der Waals surface area contributed by atoms with Gasteiger partial charge in [-0.25, -0.2) is 9.97 Å². The molecule has 0 aliphatic carbocycles. The fourth-order valence-corrected chi connectivity index (χ4v) is 4.02. The van der Waals surface area contributed by atoms with Crippen LogP contribution in [0.3, 0.4) is 0 Å². The molecule has 0 spiro atoms. The molecule has 1 saturated heterocycles. The second kappa shape index (κ2) is 6.74. The number of thiophene rings is 1. The van der Waals surface area contributed by atoms with Gasteiger partial charge in [-0.3, -0.25) is 4.90 Å². The minimum atomic E-state index is 0.330. The SMILES string of the molecule is CC(C)c1ccc(-c2nc(N)c3cc(CN4CCOCC4)sc3n2)o1. The number of hydrogen-bond donors (Lipinski definition) is 1. The smallest absolute Gasteiger partial charge is 0.199 e. The Hall–Kier alpha value is -1.96. The molecule has 0 atom stereocenters. The standard InChI is InChI=1S/C18H22N4O2S/c1-11(2)14-3-4-15(24-14)17-20-16(19)13-9-12(25-18(13)21-17)10-22-5-7-23-8-6-22/h3-4,9,11H,5-8,10H2,1-2H3,(H2,19,20,21). The van der Waals surface area contributed by atoms with Crippen LogP contribution in [-0.4, -0.2) is 41.2 Å². The van der Waals surface area contributed by atoms with Crippen molar-refractivity contribution in [2.45, 2.75) is 26.3 Å². The van der Waals surface area contributed by atoms with Crippen molar-refractivity contribution in [3.63, 3.8) is 0 Å². The second-order valence-electron chi connectivity index (χ2n) is 6.61. The Morgan fingerprint density at radius 3 is 2.76 bits per heavy atom. The minimum absolute atomic E-state index is 0.330. The zero-order valence-electron chi connectivity index (χ0n) is 14.5. The number of nitrogens with zero attached hydrogens (tertiary/aromatic N) is 3. The van der Waals surface area contributed by atoms with Crippen molar-refractivity contribution in [3.8, 4) is 11.6 Å². The highest BCUT2D eigenvalue weighted by atomic mass is 32.1. The maximum Gasteiger partial charge on any atom is 0.199 e. The number of nitrogen functional groups attached to an aromatic ring is 1. The predicted molar refractivity (Wildman–Crippen MR) is 99.7 cm³/mol. The van der Waals surface area contributed by atoms with Crippen LogP contribution in [0, 0.1) is 0 Å². The third-order valence-electron chi connectivity index (χ3n) is 4.37. The number of anilines is 1. The Balaban J connectivity index is 1.64. The third kappa shape index (κ3) is 3.40. The predicted octanol–water partition coefficient (Wildman–Crippen LogP) is 3.49.